The van der Waals surface area contributed by atoms with Gasteiger partial charge in [0, 0.05) is 50.3 Å². The standard InChI is InChI=1S/C31H35N7O2/c1-4-7-12-29-33-28(31(39-5-2)40-6-3)21-38(29)20-22-13-14-25(27(19-22)23-15-17-32-18-16-23)24-10-8-9-11-26(24)30-34-36-37-35-30/h8-11,13-19,21,31H,4-7,12,20H2,1-3H3,(H,34,35,36,37). The van der Waals surface area contributed by atoms with Crippen LogP contribution in [0.2, 0.25) is 0 Å². The maximum Gasteiger partial charge on any atom is 0.205 e. The van der Waals surface area contributed by atoms with Gasteiger partial charge < -0.3 is 14.0 Å². The van der Waals surface area contributed by atoms with E-state index in [1.807, 2.05) is 56.6 Å². The number of hydrogen-bond donors (Lipinski definition) is 1. The van der Waals surface area contributed by atoms with Crippen LogP contribution in [0.25, 0.3) is 33.6 Å². The minimum absolute atomic E-state index is 0.465. The SMILES string of the molecule is CCCCc1nc(C(OCC)OCC)cn1Cc1ccc(-c2ccccc2-c2nn[nH]n2)c(-c2ccncc2)c1. The van der Waals surface area contributed by atoms with Crippen molar-refractivity contribution < 1.29 is 9.47 Å². The van der Waals surface area contributed by atoms with E-state index in [4.69, 9.17) is 14.5 Å². The lowest BCUT2D eigenvalue weighted by molar-refractivity contribution is -0.142. The fraction of sp³-hybridized carbons (Fsp3) is 0.323. The molecule has 40 heavy (non-hydrogen) atoms. The van der Waals surface area contributed by atoms with Crippen LogP contribution in [0.4, 0.5) is 0 Å². The van der Waals surface area contributed by atoms with Crippen molar-refractivity contribution in [3.8, 4) is 33.6 Å². The Morgan fingerprint density at radius 2 is 1.62 bits per heavy atom. The van der Waals surface area contributed by atoms with Crippen LogP contribution in [0.15, 0.2) is 73.2 Å². The normalized spacial score (nSPS) is 11.4. The van der Waals surface area contributed by atoms with Gasteiger partial charge in [0.05, 0.1) is 0 Å². The summed E-state index contributed by atoms with van der Waals surface area (Å²) in [4.78, 5) is 9.19. The molecule has 0 saturated heterocycles. The number of tetrazole rings is 1. The van der Waals surface area contributed by atoms with E-state index in [0.29, 0.717) is 25.6 Å². The maximum absolute atomic E-state index is 5.85. The Labute approximate surface area is 234 Å². The molecule has 5 aromatic rings. The Morgan fingerprint density at radius 3 is 2.33 bits per heavy atom. The van der Waals surface area contributed by atoms with Crippen molar-refractivity contribution >= 4 is 0 Å². The summed E-state index contributed by atoms with van der Waals surface area (Å²) in [6.45, 7) is 7.94. The largest absolute Gasteiger partial charge is 0.347 e. The molecular formula is C31H35N7O2. The van der Waals surface area contributed by atoms with Crippen molar-refractivity contribution in [2.24, 2.45) is 0 Å². The molecular weight excluding hydrogens is 502 g/mol. The summed E-state index contributed by atoms with van der Waals surface area (Å²) < 4.78 is 13.9. The number of hydrogen-bond acceptors (Lipinski definition) is 7. The number of imidazole rings is 1. The summed E-state index contributed by atoms with van der Waals surface area (Å²) in [5.41, 5.74) is 7.20. The molecule has 0 atom stereocenters. The summed E-state index contributed by atoms with van der Waals surface area (Å²) in [6, 6.07) is 18.8. The second-order valence-electron chi connectivity index (χ2n) is 9.45. The lowest BCUT2D eigenvalue weighted by atomic mass is 9.90. The number of rotatable bonds is 13. The number of H-pyrrole nitrogens is 1. The van der Waals surface area contributed by atoms with Crippen molar-refractivity contribution in [2.45, 2.75) is 52.9 Å². The van der Waals surface area contributed by atoms with Gasteiger partial charge in [0.25, 0.3) is 0 Å². The Kier molecular flexibility index (Phi) is 9.05. The first kappa shape index (κ1) is 27.4. The quantitative estimate of drug-likeness (QED) is 0.177. The lowest BCUT2D eigenvalue weighted by Crippen LogP contribution is -2.09. The summed E-state index contributed by atoms with van der Waals surface area (Å²) in [5.74, 6) is 1.60. The number of nitrogens with zero attached hydrogens (tertiary/aromatic N) is 6. The van der Waals surface area contributed by atoms with Crippen LogP contribution in [-0.4, -0.2) is 48.4 Å². The van der Waals surface area contributed by atoms with E-state index >= 15 is 0 Å². The highest BCUT2D eigenvalue weighted by Gasteiger charge is 2.19. The number of aromatic amines is 1. The van der Waals surface area contributed by atoms with Crippen molar-refractivity contribution in [1.82, 2.24) is 35.2 Å². The molecule has 0 aliphatic carbocycles. The lowest BCUT2D eigenvalue weighted by Gasteiger charge is -2.16. The number of aryl methyl sites for hydroxylation is 1. The van der Waals surface area contributed by atoms with Crippen molar-refractivity contribution in [3.05, 3.63) is 90.3 Å². The van der Waals surface area contributed by atoms with Gasteiger partial charge in [-0.05, 0) is 71.5 Å². The first-order chi connectivity index (χ1) is 19.7. The van der Waals surface area contributed by atoms with Crippen LogP contribution in [-0.2, 0) is 22.4 Å². The molecule has 3 heterocycles. The molecule has 9 heteroatoms. The zero-order valence-electron chi connectivity index (χ0n) is 23.2. The summed E-state index contributed by atoms with van der Waals surface area (Å²) in [5, 5.41) is 14.8. The highest BCUT2D eigenvalue weighted by atomic mass is 16.7. The minimum atomic E-state index is -0.465. The van der Waals surface area contributed by atoms with Crippen LogP contribution < -0.4 is 0 Å². The van der Waals surface area contributed by atoms with Gasteiger partial charge >= 0.3 is 0 Å². The highest BCUT2D eigenvalue weighted by molar-refractivity contribution is 5.90. The first-order valence-electron chi connectivity index (χ1n) is 13.9. The average Bonchev–Trinajstić information content (AvgIpc) is 3.67. The zero-order valence-corrected chi connectivity index (χ0v) is 23.2. The van der Waals surface area contributed by atoms with Crippen LogP contribution in [0.1, 0.15) is 57.0 Å². The van der Waals surface area contributed by atoms with Gasteiger partial charge in [-0.3, -0.25) is 4.98 Å². The average molecular weight is 538 g/mol. The van der Waals surface area contributed by atoms with Crippen LogP contribution in [0, 0.1) is 0 Å². The van der Waals surface area contributed by atoms with Gasteiger partial charge in [0.1, 0.15) is 11.5 Å². The molecule has 2 aromatic carbocycles. The van der Waals surface area contributed by atoms with Crippen molar-refractivity contribution in [1.29, 1.82) is 0 Å². The first-order valence-corrected chi connectivity index (χ1v) is 13.9. The molecule has 0 bridgehead atoms. The van der Waals surface area contributed by atoms with Crippen LogP contribution in [0.3, 0.4) is 0 Å². The number of benzene rings is 2. The second-order valence-corrected chi connectivity index (χ2v) is 9.45. The molecule has 0 radical (unpaired) electrons. The Balaban J connectivity index is 1.56. The van der Waals surface area contributed by atoms with Crippen LogP contribution >= 0.6 is 0 Å². The number of ether oxygens (including phenoxy) is 2. The zero-order chi connectivity index (χ0) is 27.7. The van der Waals surface area contributed by atoms with Gasteiger partial charge in [-0.1, -0.05) is 49.7 Å². The van der Waals surface area contributed by atoms with E-state index in [-0.39, 0.29) is 0 Å². The minimum Gasteiger partial charge on any atom is -0.347 e. The predicted octanol–water partition coefficient (Wildman–Crippen LogP) is 6.25. The van der Waals surface area contributed by atoms with E-state index in [1.165, 1.54) is 5.56 Å². The van der Waals surface area contributed by atoms with E-state index in [0.717, 1.165) is 58.6 Å². The Morgan fingerprint density at radius 1 is 0.875 bits per heavy atom. The fourth-order valence-electron chi connectivity index (χ4n) is 4.86. The van der Waals surface area contributed by atoms with Gasteiger partial charge in [0.15, 0.2) is 0 Å². The van der Waals surface area contributed by atoms with E-state index in [9.17, 15) is 0 Å². The second kappa shape index (κ2) is 13.2. The van der Waals surface area contributed by atoms with Gasteiger partial charge in [0.2, 0.25) is 12.1 Å². The third kappa shape index (κ3) is 6.16. The van der Waals surface area contributed by atoms with Gasteiger partial charge in [-0.25, -0.2) is 4.98 Å². The molecule has 3 aromatic heterocycles. The molecule has 206 valence electrons. The molecule has 0 aliphatic heterocycles. The molecule has 5 rings (SSSR count). The molecule has 0 amide bonds. The summed E-state index contributed by atoms with van der Waals surface area (Å²) in [7, 11) is 0. The number of nitrogens with one attached hydrogen (secondary N) is 1. The summed E-state index contributed by atoms with van der Waals surface area (Å²) >= 11 is 0. The molecule has 0 aliphatic rings. The van der Waals surface area contributed by atoms with Crippen molar-refractivity contribution in [3.63, 3.8) is 0 Å². The molecule has 0 saturated carbocycles. The van der Waals surface area contributed by atoms with E-state index in [2.05, 4.69) is 67.6 Å². The Bertz CT molecular complexity index is 1490. The Hall–Kier alpha value is -4.21. The van der Waals surface area contributed by atoms with E-state index in [1.54, 1.807) is 0 Å². The molecule has 9 nitrogen and oxygen atoms in total. The third-order valence-corrected chi connectivity index (χ3v) is 6.74. The monoisotopic (exact) mass is 537 g/mol. The molecule has 0 unspecified atom stereocenters. The molecule has 0 spiro atoms. The van der Waals surface area contributed by atoms with Gasteiger partial charge in [-0.15, -0.1) is 10.2 Å². The molecule has 0 fully saturated rings. The van der Waals surface area contributed by atoms with Crippen molar-refractivity contribution in [2.75, 3.05) is 13.2 Å². The number of aromatic nitrogens is 7. The number of unbranched alkanes of at least 4 members (excludes halogenated alkanes) is 1. The predicted molar refractivity (Wildman–Crippen MR) is 154 cm³/mol. The van der Waals surface area contributed by atoms with Crippen LogP contribution in [0.5, 0.6) is 0 Å². The third-order valence-electron chi connectivity index (χ3n) is 6.74. The summed E-state index contributed by atoms with van der Waals surface area (Å²) in [6.07, 6.45) is 8.32. The van der Waals surface area contributed by atoms with Gasteiger partial charge in [-0.2, -0.15) is 5.21 Å². The maximum atomic E-state index is 5.85. The molecule has 1 N–H and O–H groups in total. The number of pyridine rings is 1. The smallest absolute Gasteiger partial charge is 0.205 e. The highest BCUT2D eigenvalue weighted by Crippen LogP contribution is 2.37. The topological polar surface area (TPSA) is 104 Å². The fourth-order valence-corrected chi connectivity index (χ4v) is 4.86. The van der Waals surface area contributed by atoms with E-state index < -0.39 is 6.29 Å².